The van der Waals surface area contributed by atoms with Crippen LogP contribution in [0.2, 0.25) is 0 Å². The summed E-state index contributed by atoms with van der Waals surface area (Å²) in [5, 5.41) is 59.1. The minimum Gasteiger partial charge on any atom is -0.868 e. The SMILES string of the molecule is CC#N.COc1cc(Br)c[n+](N)c1.COc1cncc(Br)c1.NOc1ccc([N+](=O)[O-])cc1[N+](=O)[O-].O=[N+]([O-])c1ccc([O-])c([N+](=O)[O-])c1. The Hall–Kier alpha value is -6.25. The van der Waals surface area contributed by atoms with E-state index in [-0.39, 0.29) is 5.75 Å². The maximum Gasteiger partial charge on any atom is 0.320 e. The van der Waals surface area contributed by atoms with E-state index in [4.69, 9.17) is 26.5 Å². The highest BCUT2D eigenvalue weighted by Crippen LogP contribution is 2.30. The van der Waals surface area contributed by atoms with Gasteiger partial charge in [0.2, 0.25) is 18.1 Å². The van der Waals surface area contributed by atoms with Crippen LogP contribution < -0.4 is 35.8 Å². The van der Waals surface area contributed by atoms with Crippen LogP contribution in [0.5, 0.6) is 23.0 Å². The first kappa shape index (κ1) is 42.8. The molecule has 0 unspecified atom stereocenters. The van der Waals surface area contributed by atoms with E-state index in [0.717, 1.165) is 50.8 Å². The van der Waals surface area contributed by atoms with E-state index >= 15 is 0 Å². The topological polar surface area (TPSA) is 316 Å². The molecule has 0 aliphatic carbocycles. The summed E-state index contributed by atoms with van der Waals surface area (Å²) in [5.41, 5.74) is -2.18. The lowest BCUT2D eigenvalue weighted by Gasteiger charge is -2.03. The van der Waals surface area contributed by atoms with Crippen LogP contribution in [-0.4, -0.2) is 38.9 Å². The molecule has 0 atom stereocenters. The van der Waals surface area contributed by atoms with Gasteiger partial charge in [0, 0.05) is 35.8 Å². The monoisotopic (exact) mass is 813 g/mol. The minimum atomic E-state index is -0.949. The number of hydrogen-bond donors (Lipinski definition) is 2. The summed E-state index contributed by atoms with van der Waals surface area (Å²) < 4.78 is 13.1. The average molecular weight is 815 g/mol. The molecule has 0 fully saturated rings. The van der Waals surface area contributed by atoms with Crippen molar-refractivity contribution in [3.63, 3.8) is 0 Å². The maximum absolute atomic E-state index is 10.8. The van der Waals surface area contributed by atoms with Gasteiger partial charge in [-0.15, -0.1) is 0 Å². The van der Waals surface area contributed by atoms with Crippen LogP contribution in [0, 0.1) is 51.8 Å². The van der Waals surface area contributed by atoms with Crippen molar-refractivity contribution in [1.29, 1.82) is 5.26 Å². The zero-order valence-electron chi connectivity index (χ0n) is 25.4. The van der Waals surface area contributed by atoms with Gasteiger partial charge in [-0.3, -0.25) is 45.4 Å². The van der Waals surface area contributed by atoms with Gasteiger partial charge in [0.1, 0.15) is 5.75 Å². The molecule has 0 aliphatic heterocycles. The van der Waals surface area contributed by atoms with Crippen molar-refractivity contribution in [2.45, 2.75) is 6.92 Å². The molecule has 0 saturated carbocycles. The predicted octanol–water partition coefficient (Wildman–Crippen LogP) is 4.17. The Kier molecular flexibility index (Phi) is 19.5. The highest BCUT2D eigenvalue weighted by atomic mass is 79.9. The fraction of sp³-hybridized carbons (Fsp3) is 0.115. The standard InChI is InChI=1S/C6H8BrN2O.C6H6BrNO.C6H5N3O5.C6H4N2O5.C2H3N/c1-10-6-2-5(7)3-9(8)4-6;1-9-6-2-5(7)3-8-4-6;7-14-6-2-1-4(8(10)11)3-5(6)9(12)13;9-6-2-1-4(7(10)11)3-5(6)8(12)13;1-2-3/h2-4H,8H2,1H3;2-4H,1H3;1-3H,7H2;1-3,9H;1H3/q+1;;;;/p-1. The second-order valence-electron chi connectivity index (χ2n) is 8.06. The normalized spacial score (nSPS) is 9.00. The number of halogens is 2. The quantitative estimate of drug-likeness (QED) is 0.114. The van der Waals surface area contributed by atoms with Crippen LogP contribution in [0.4, 0.5) is 22.7 Å². The van der Waals surface area contributed by atoms with Crippen molar-refractivity contribution in [2.75, 3.05) is 20.1 Å². The van der Waals surface area contributed by atoms with Gasteiger partial charge in [0.05, 0.1) is 62.8 Å². The molecule has 23 heteroatoms. The summed E-state index contributed by atoms with van der Waals surface area (Å²) in [6.07, 6.45) is 6.79. The molecular weight excluding hydrogens is 790 g/mol. The Bertz CT molecular complexity index is 1770. The van der Waals surface area contributed by atoms with E-state index in [2.05, 4.69) is 41.7 Å². The smallest absolute Gasteiger partial charge is 0.320 e. The molecule has 0 radical (unpaired) electrons. The fourth-order valence-corrected chi connectivity index (χ4v) is 3.58. The molecule has 0 saturated heterocycles. The molecule has 21 nitrogen and oxygen atoms in total. The largest absolute Gasteiger partial charge is 0.868 e. The van der Waals surface area contributed by atoms with Crippen molar-refractivity contribution in [3.8, 4) is 29.1 Å². The third-order valence-corrected chi connectivity index (χ3v) is 5.67. The molecular formula is C26H25Br2N9O12. The summed E-state index contributed by atoms with van der Waals surface area (Å²) in [5.74, 6) is 10.6. The van der Waals surface area contributed by atoms with E-state index in [1.807, 2.05) is 12.1 Å². The molecule has 0 amide bonds. The number of non-ortho nitro benzene ring substituents is 2. The van der Waals surface area contributed by atoms with Crippen LogP contribution in [0.25, 0.3) is 0 Å². The molecule has 2 heterocycles. The van der Waals surface area contributed by atoms with Crippen LogP contribution in [0.3, 0.4) is 0 Å². The fourth-order valence-electron chi connectivity index (χ4n) is 2.78. The summed E-state index contributed by atoms with van der Waals surface area (Å²) in [7, 11) is 3.21. The second kappa shape index (κ2) is 22.3. The zero-order valence-corrected chi connectivity index (χ0v) is 28.5. The van der Waals surface area contributed by atoms with Gasteiger partial charge in [-0.1, -0.05) is 10.7 Å². The van der Waals surface area contributed by atoms with Crippen LogP contribution >= 0.6 is 31.9 Å². The summed E-state index contributed by atoms with van der Waals surface area (Å²) in [6.45, 7) is 1.43. The van der Waals surface area contributed by atoms with Crippen molar-refractivity contribution in [3.05, 3.63) is 123 Å². The lowest BCUT2D eigenvalue weighted by molar-refractivity contribution is -0.639. The summed E-state index contributed by atoms with van der Waals surface area (Å²) in [6, 6.07) is 10.7. The van der Waals surface area contributed by atoms with Gasteiger partial charge in [0.15, 0.2) is 5.75 Å². The molecule has 260 valence electrons. The Balaban J connectivity index is 0.000000617. The number of rotatable bonds is 7. The molecule has 0 spiro atoms. The van der Waals surface area contributed by atoms with E-state index in [9.17, 15) is 45.6 Å². The van der Waals surface area contributed by atoms with Crippen molar-refractivity contribution >= 4 is 54.6 Å². The number of pyridine rings is 2. The molecule has 4 rings (SSSR count). The Morgan fingerprint density at radius 1 is 0.776 bits per heavy atom. The Morgan fingerprint density at radius 2 is 1.27 bits per heavy atom. The number of benzene rings is 2. The molecule has 4 N–H and O–H groups in total. The maximum atomic E-state index is 10.8. The van der Waals surface area contributed by atoms with Gasteiger partial charge < -0.3 is 19.4 Å². The number of nitrogen functional groups attached to an aromatic ring is 1. The molecule has 2 aromatic heterocycles. The second-order valence-corrected chi connectivity index (χ2v) is 9.89. The number of aromatic nitrogens is 2. The number of ether oxygens (including phenoxy) is 2. The molecule has 0 bridgehead atoms. The molecule has 49 heavy (non-hydrogen) atoms. The number of nitro benzene ring substituents is 4. The molecule has 0 aliphatic rings. The van der Waals surface area contributed by atoms with Crippen LogP contribution in [0.15, 0.2) is 82.3 Å². The van der Waals surface area contributed by atoms with Crippen molar-refractivity contribution in [2.24, 2.45) is 5.90 Å². The third-order valence-electron chi connectivity index (χ3n) is 4.81. The average Bonchev–Trinajstić information content (AvgIpc) is 3.05. The summed E-state index contributed by atoms with van der Waals surface area (Å²) >= 11 is 6.53. The first-order chi connectivity index (χ1) is 23.0. The lowest BCUT2D eigenvalue weighted by Crippen LogP contribution is -2.43. The molecule has 4 aromatic rings. The Labute approximate surface area is 292 Å². The van der Waals surface area contributed by atoms with E-state index < -0.39 is 48.2 Å². The molecule has 2 aromatic carbocycles. The number of methoxy groups -OCH3 is 2. The van der Waals surface area contributed by atoms with Gasteiger partial charge >= 0.3 is 5.69 Å². The number of nitro groups is 4. The number of nitriles is 1. The van der Waals surface area contributed by atoms with Gasteiger partial charge in [-0.25, -0.2) is 5.84 Å². The van der Waals surface area contributed by atoms with Crippen LogP contribution in [-0.2, 0) is 0 Å². The lowest BCUT2D eigenvalue weighted by atomic mass is 10.2. The van der Waals surface area contributed by atoms with E-state index in [1.54, 1.807) is 45.1 Å². The number of nitrogens with two attached hydrogens (primary N) is 2. The van der Waals surface area contributed by atoms with Gasteiger partial charge in [-0.05, 0) is 49.7 Å². The first-order valence-corrected chi connectivity index (χ1v) is 14.0. The number of hydrogen-bond acceptors (Lipinski definition) is 16. The third kappa shape index (κ3) is 16.2. The van der Waals surface area contributed by atoms with Crippen molar-refractivity contribution < 1.29 is 43.8 Å². The van der Waals surface area contributed by atoms with E-state index in [0.29, 0.717) is 6.07 Å². The number of nitrogens with zero attached hydrogens (tertiary/aromatic N) is 7. The summed E-state index contributed by atoms with van der Waals surface area (Å²) in [4.78, 5) is 45.8. The van der Waals surface area contributed by atoms with E-state index in [1.165, 1.54) is 11.6 Å². The van der Waals surface area contributed by atoms with Gasteiger partial charge in [0.25, 0.3) is 17.1 Å². The Morgan fingerprint density at radius 3 is 1.67 bits per heavy atom. The zero-order chi connectivity index (χ0) is 37.7. The van der Waals surface area contributed by atoms with Crippen molar-refractivity contribution in [1.82, 2.24) is 4.98 Å². The minimum absolute atomic E-state index is 0.222. The highest BCUT2D eigenvalue weighted by Gasteiger charge is 2.20. The highest BCUT2D eigenvalue weighted by molar-refractivity contribution is 9.10. The predicted molar refractivity (Wildman–Crippen MR) is 175 cm³/mol. The van der Waals surface area contributed by atoms with Crippen LogP contribution in [0.1, 0.15) is 6.92 Å². The first-order valence-electron chi connectivity index (χ1n) is 12.4. The van der Waals surface area contributed by atoms with Gasteiger partial charge in [-0.2, -0.15) is 11.2 Å².